The van der Waals surface area contributed by atoms with Crippen LogP contribution >= 0.6 is 12.2 Å². The first-order valence-corrected chi connectivity index (χ1v) is 8.52. The molecule has 24 heavy (non-hydrogen) atoms. The maximum Gasteiger partial charge on any atom is 0.186 e. The van der Waals surface area contributed by atoms with E-state index >= 15 is 0 Å². The van der Waals surface area contributed by atoms with Crippen molar-refractivity contribution in [3.05, 3.63) is 41.6 Å². The number of nitrogens with one attached hydrogen (secondary N) is 2. The van der Waals surface area contributed by atoms with Crippen LogP contribution in [0.1, 0.15) is 24.1 Å². The Hall–Kier alpha value is -2.41. The van der Waals surface area contributed by atoms with Crippen molar-refractivity contribution in [2.24, 2.45) is 5.10 Å². The minimum absolute atomic E-state index is 0.488. The van der Waals surface area contributed by atoms with E-state index in [9.17, 15) is 0 Å². The zero-order chi connectivity index (χ0) is 16.9. The van der Waals surface area contributed by atoms with E-state index in [2.05, 4.69) is 32.9 Å². The van der Waals surface area contributed by atoms with Crippen LogP contribution in [0.4, 0.5) is 5.82 Å². The lowest BCUT2D eigenvalue weighted by Gasteiger charge is -2.20. The zero-order valence-corrected chi connectivity index (χ0v) is 14.8. The van der Waals surface area contributed by atoms with Gasteiger partial charge >= 0.3 is 0 Å². The fraction of sp³-hybridized carbons (Fsp3) is 0.353. The Bertz CT molecular complexity index is 731. The van der Waals surface area contributed by atoms with Gasteiger partial charge in [-0.05, 0) is 44.1 Å². The lowest BCUT2D eigenvalue weighted by atomic mass is 10.2. The molecule has 0 aliphatic carbocycles. The molecule has 1 saturated heterocycles. The lowest BCUT2D eigenvalue weighted by molar-refractivity contribution is 0.815. The molecule has 0 amide bonds. The third-order valence-corrected chi connectivity index (χ3v) is 4.37. The fourth-order valence-electron chi connectivity index (χ4n) is 2.87. The summed E-state index contributed by atoms with van der Waals surface area (Å²) in [5.74, 6) is 1.09. The number of aromatic nitrogens is 2. The standard InChI is InChI=1S/C17H22N6S/c1-13-15(12-19-20-17(24)18-2)16(22-10-6-7-11-22)23(21-13)14-8-4-3-5-9-14/h3-5,8-9,12H,6-7,10-11H2,1-2H3,(H2,18,20,24)/b19-12+. The number of nitrogens with zero attached hydrogens (tertiary/aromatic N) is 4. The molecule has 126 valence electrons. The van der Waals surface area contributed by atoms with Crippen molar-refractivity contribution in [2.45, 2.75) is 19.8 Å². The fourth-order valence-corrected chi connectivity index (χ4v) is 2.92. The van der Waals surface area contributed by atoms with E-state index in [1.165, 1.54) is 12.8 Å². The normalized spacial score (nSPS) is 14.3. The van der Waals surface area contributed by atoms with Crippen LogP contribution in [-0.2, 0) is 0 Å². The van der Waals surface area contributed by atoms with Crippen molar-refractivity contribution in [1.82, 2.24) is 20.5 Å². The summed E-state index contributed by atoms with van der Waals surface area (Å²) >= 11 is 5.06. The van der Waals surface area contributed by atoms with Gasteiger partial charge < -0.3 is 10.2 Å². The number of hydrazone groups is 1. The first-order valence-electron chi connectivity index (χ1n) is 8.11. The predicted molar refractivity (Wildman–Crippen MR) is 102 cm³/mol. The molecule has 2 N–H and O–H groups in total. The minimum Gasteiger partial charge on any atom is -0.364 e. The molecule has 1 aromatic heterocycles. The number of hydrogen-bond acceptors (Lipinski definition) is 4. The summed E-state index contributed by atoms with van der Waals surface area (Å²) in [6.07, 6.45) is 4.22. The Labute approximate surface area is 147 Å². The summed E-state index contributed by atoms with van der Waals surface area (Å²) in [6.45, 7) is 4.10. The van der Waals surface area contributed by atoms with Crippen molar-refractivity contribution in [2.75, 3.05) is 25.0 Å². The van der Waals surface area contributed by atoms with Gasteiger partial charge in [-0.3, -0.25) is 5.43 Å². The van der Waals surface area contributed by atoms with Crippen LogP contribution in [-0.4, -0.2) is 41.2 Å². The van der Waals surface area contributed by atoms with Gasteiger partial charge in [0.15, 0.2) is 5.11 Å². The monoisotopic (exact) mass is 342 g/mol. The van der Waals surface area contributed by atoms with Crippen molar-refractivity contribution < 1.29 is 0 Å². The maximum atomic E-state index is 5.06. The molecule has 1 aliphatic rings. The predicted octanol–water partition coefficient (Wildman–Crippen LogP) is 2.21. The molecule has 2 heterocycles. The average Bonchev–Trinajstić information content (AvgIpc) is 3.24. The third-order valence-electron chi connectivity index (χ3n) is 4.07. The first-order chi connectivity index (χ1) is 11.7. The van der Waals surface area contributed by atoms with Gasteiger partial charge in [-0.15, -0.1) is 0 Å². The van der Waals surface area contributed by atoms with E-state index in [0.717, 1.165) is 35.9 Å². The van der Waals surface area contributed by atoms with Gasteiger partial charge in [0.1, 0.15) is 5.82 Å². The van der Waals surface area contributed by atoms with E-state index < -0.39 is 0 Å². The highest BCUT2D eigenvalue weighted by atomic mass is 32.1. The Morgan fingerprint density at radius 1 is 1.25 bits per heavy atom. The van der Waals surface area contributed by atoms with Crippen LogP contribution in [0.3, 0.4) is 0 Å². The van der Waals surface area contributed by atoms with Gasteiger partial charge in [-0.25, -0.2) is 4.68 Å². The van der Waals surface area contributed by atoms with Crippen LogP contribution in [0.25, 0.3) is 5.69 Å². The van der Waals surface area contributed by atoms with Gasteiger partial charge in [-0.1, -0.05) is 18.2 Å². The minimum atomic E-state index is 0.488. The maximum absolute atomic E-state index is 5.06. The molecular formula is C17H22N6S. The Morgan fingerprint density at radius 2 is 1.96 bits per heavy atom. The van der Waals surface area contributed by atoms with E-state index in [1.54, 1.807) is 13.3 Å². The van der Waals surface area contributed by atoms with E-state index in [4.69, 9.17) is 17.3 Å². The molecule has 6 nitrogen and oxygen atoms in total. The highest BCUT2D eigenvalue weighted by Crippen LogP contribution is 2.28. The summed E-state index contributed by atoms with van der Waals surface area (Å²) in [4.78, 5) is 2.38. The SMILES string of the molecule is CNC(=S)N/N=C/c1c(C)nn(-c2ccccc2)c1N1CCCC1. The Balaban J connectivity index is 2.01. The van der Waals surface area contributed by atoms with Crippen LogP contribution in [0, 0.1) is 6.92 Å². The smallest absolute Gasteiger partial charge is 0.186 e. The van der Waals surface area contributed by atoms with Gasteiger partial charge in [0.05, 0.1) is 23.2 Å². The van der Waals surface area contributed by atoms with Crippen LogP contribution < -0.4 is 15.6 Å². The molecule has 0 saturated carbocycles. The summed E-state index contributed by atoms with van der Waals surface area (Å²) in [5.41, 5.74) is 5.83. The highest BCUT2D eigenvalue weighted by molar-refractivity contribution is 7.80. The quantitative estimate of drug-likeness (QED) is 0.507. The first kappa shape index (κ1) is 16.4. The molecule has 1 fully saturated rings. The number of para-hydroxylation sites is 1. The molecule has 2 aromatic rings. The molecule has 3 rings (SSSR count). The average molecular weight is 342 g/mol. The van der Waals surface area contributed by atoms with E-state index in [-0.39, 0.29) is 0 Å². The van der Waals surface area contributed by atoms with Crippen molar-refractivity contribution in [3.63, 3.8) is 0 Å². The summed E-state index contributed by atoms with van der Waals surface area (Å²) < 4.78 is 2.01. The number of anilines is 1. The van der Waals surface area contributed by atoms with Gasteiger partial charge in [0.25, 0.3) is 0 Å². The third kappa shape index (κ3) is 3.41. The van der Waals surface area contributed by atoms with Gasteiger partial charge in [-0.2, -0.15) is 10.2 Å². The van der Waals surface area contributed by atoms with Crippen LogP contribution in [0.15, 0.2) is 35.4 Å². The second-order valence-electron chi connectivity index (χ2n) is 5.71. The second kappa shape index (κ2) is 7.44. The van der Waals surface area contributed by atoms with Crippen molar-refractivity contribution >= 4 is 29.4 Å². The molecule has 0 spiro atoms. The number of benzene rings is 1. The van der Waals surface area contributed by atoms with Crippen molar-refractivity contribution in [1.29, 1.82) is 0 Å². The van der Waals surface area contributed by atoms with E-state index in [1.807, 2.05) is 29.8 Å². The number of aryl methyl sites for hydroxylation is 1. The molecule has 7 heteroatoms. The van der Waals surface area contributed by atoms with Gasteiger partial charge in [0.2, 0.25) is 0 Å². The molecular weight excluding hydrogens is 320 g/mol. The van der Waals surface area contributed by atoms with Gasteiger partial charge in [0, 0.05) is 20.1 Å². The number of thiocarbonyl (C=S) groups is 1. The lowest BCUT2D eigenvalue weighted by Crippen LogP contribution is -2.28. The molecule has 1 aromatic carbocycles. The summed E-state index contributed by atoms with van der Waals surface area (Å²) in [6, 6.07) is 10.2. The van der Waals surface area contributed by atoms with Crippen LogP contribution in [0.2, 0.25) is 0 Å². The van der Waals surface area contributed by atoms with Crippen molar-refractivity contribution in [3.8, 4) is 5.69 Å². The zero-order valence-electron chi connectivity index (χ0n) is 14.0. The summed E-state index contributed by atoms with van der Waals surface area (Å²) in [7, 11) is 1.76. The largest absolute Gasteiger partial charge is 0.364 e. The molecule has 0 bridgehead atoms. The Kier molecular flexibility index (Phi) is 5.10. The second-order valence-corrected chi connectivity index (χ2v) is 6.12. The highest BCUT2D eigenvalue weighted by Gasteiger charge is 2.23. The Morgan fingerprint density at radius 3 is 2.62 bits per heavy atom. The van der Waals surface area contributed by atoms with Crippen LogP contribution in [0.5, 0.6) is 0 Å². The molecule has 1 aliphatic heterocycles. The molecule has 0 unspecified atom stereocenters. The molecule has 0 radical (unpaired) electrons. The van der Waals surface area contributed by atoms with E-state index in [0.29, 0.717) is 5.11 Å². The molecule has 0 atom stereocenters. The number of hydrogen-bond donors (Lipinski definition) is 2. The topological polar surface area (TPSA) is 57.5 Å². The summed E-state index contributed by atoms with van der Waals surface area (Å²) in [5, 5.41) is 12.3. The number of rotatable bonds is 4.